The number of benzene rings is 1. The molecular formula is C13H11FN4O2. The number of anilines is 1. The number of hydrogen-bond donors (Lipinski definition) is 1. The zero-order valence-electron chi connectivity index (χ0n) is 10.6. The van der Waals surface area contributed by atoms with Gasteiger partial charge in [-0.2, -0.15) is 9.97 Å². The minimum Gasteiger partial charge on any atom is -0.315 e. The Balaban J connectivity index is 2.14. The third-order valence-corrected chi connectivity index (χ3v) is 2.37. The van der Waals surface area contributed by atoms with E-state index in [9.17, 15) is 9.18 Å². The zero-order chi connectivity index (χ0) is 14.4. The fourth-order valence-electron chi connectivity index (χ4n) is 1.39. The minimum atomic E-state index is -0.756. The Morgan fingerprint density at radius 1 is 1.40 bits per heavy atom. The average molecular weight is 274 g/mol. The van der Waals surface area contributed by atoms with Crippen LogP contribution in [-0.4, -0.2) is 22.1 Å². The molecule has 0 aliphatic carbocycles. The highest BCUT2D eigenvalue weighted by atomic mass is 19.1. The van der Waals surface area contributed by atoms with Crippen LogP contribution in [0, 0.1) is 5.82 Å². The molecule has 0 spiro atoms. The molecule has 2 rings (SSSR count). The molecule has 2 aromatic rings. The summed E-state index contributed by atoms with van der Waals surface area (Å²) in [6.07, 6.45) is 1.20. The van der Waals surface area contributed by atoms with Crippen LogP contribution in [0.15, 0.2) is 41.7 Å². The van der Waals surface area contributed by atoms with Gasteiger partial charge in [0, 0.05) is 0 Å². The monoisotopic (exact) mass is 274 g/mol. The van der Waals surface area contributed by atoms with Crippen molar-refractivity contribution in [2.45, 2.75) is 6.92 Å². The summed E-state index contributed by atoms with van der Waals surface area (Å²) >= 11 is 0. The van der Waals surface area contributed by atoms with Crippen molar-refractivity contribution in [1.29, 1.82) is 0 Å². The van der Waals surface area contributed by atoms with Gasteiger partial charge in [-0.05, 0) is 12.5 Å². The third kappa shape index (κ3) is 3.35. The van der Waals surface area contributed by atoms with E-state index in [0.717, 1.165) is 11.8 Å². The van der Waals surface area contributed by atoms with E-state index in [1.54, 1.807) is 6.92 Å². The van der Waals surface area contributed by atoms with E-state index < -0.39 is 5.82 Å². The van der Waals surface area contributed by atoms with Crippen molar-refractivity contribution < 1.29 is 14.0 Å². The Labute approximate surface area is 114 Å². The maximum absolute atomic E-state index is 13.2. The number of halogens is 1. The number of amides is 1. The SMILES string of the molecule is C/C(=N/Oc1ncc(F)c(NC=O)n1)c1ccccc1. The van der Waals surface area contributed by atoms with Crippen LogP contribution in [-0.2, 0) is 4.79 Å². The quantitative estimate of drug-likeness (QED) is 0.514. The number of carbonyl (C=O) groups is 1. The van der Waals surface area contributed by atoms with Crippen molar-refractivity contribution in [3.63, 3.8) is 0 Å². The van der Waals surface area contributed by atoms with Gasteiger partial charge in [0.25, 0.3) is 0 Å². The molecule has 0 fully saturated rings. The molecule has 0 saturated heterocycles. The molecule has 20 heavy (non-hydrogen) atoms. The maximum Gasteiger partial charge on any atom is 0.347 e. The van der Waals surface area contributed by atoms with E-state index in [-0.39, 0.29) is 11.8 Å². The van der Waals surface area contributed by atoms with Crippen LogP contribution >= 0.6 is 0 Å². The summed E-state index contributed by atoms with van der Waals surface area (Å²) in [6, 6.07) is 9.20. The first-order valence-corrected chi connectivity index (χ1v) is 5.70. The molecule has 0 aliphatic heterocycles. The van der Waals surface area contributed by atoms with Crippen LogP contribution in [0.4, 0.5) is 10.2 Å². The van der Waals surface area contributed by atoms with E-state index in [4.69, 9.17) is 4.84 Å². The molecule has 1 aromatic carbocycles. The largest absolute Gasteiger partial charge is 0.347 e. The number of nitrogens with one attached hydrogen (secondary N) is 1. The molecule has 0 saturated carbocycles. The maximum atomic E-state index is 13.2. The van der Waals surface area contributed by atoms with Crippen LogP contribution in [0.5, 0.6) is 6.01 Å². The van der Waals surface area contributed by atoms with Crippen molar-refractivity contribution in [2.24, 2.45) is 5.16 Å². The number of oxime groups is 1. The summed E-state index contributed by atoms with van der Waals surface area (Å²) in [6.45, 7) is 1.75. The summed E-state index contributed by atoms with van der Waals surface area (Å²) in [7, 11) is 0. The minimum absolute atomic E-state index is 0.161. The van der Waals surface area contributed by atoms with Crippen LogP contribution in [0.1, 0.15) is 12.5 Å². The molecule has 0 atom stereocenters. The zero-order valence-corrected chi connectivity index (χ0v) is 10.6. The second kappa shape index (κ2) is 6.37. The molecule has 0 bridgehead atoms. The number of rotatable bonds is 5. The number of carbonyl (C=O) groups excluding carboxylic acids is 1. The van der Waals surface area contributed by atoms with Gasteiger partial charge in [0.05, 0.1) is 11.9 Å². The molecule has 0 radical (unpaired) electrons. The van der Waals surface area contributed by atoms with Gasteiger partial charge in [-0.3, -0.25) is 4.79 Å². The fraction of sp³-hybridized carbons (Fsp3) is 0.0769. The molecule has 1 amide bonds. The molecule has 6 nitrogen and oxygen atoms in total. The lowest BCUT2D eigenvalue weighted by Crippen LogP contribution is -2.04. The Hall–Kier alpha value is -2.83. The lowest BCUT2D eigenvalue weighted by Gasteiger charge is -2.03. The molecular weight excluding hydrogens is 263 g/mol. The summed E-state index contributed by atoms with van der Waals surface area (Å²) in [4.78, 5) is 22.6. The van der Waals surface area contributed by atoms with E-state index in [1.165, 1.54) is 0 Å². The van der Waals surface area contributed by atoms with Gasteiger partial charge in [-0.25, -0.2) is 4.39 Å². The third-order valence-electron chi connectivity index (χ3n) is 2.37. The van der Waals surface area contributed by atoms with Gasteiger partial charge >= 0.3 is 6.01 Å². The van der Waals surface area contributed by atoms with E-state index in [1.807, 2.05) is 30.3 Å². The van der Waals surface area contributed by atoms with Gasteiger partial charge in [0.1, 0.15) is 0 Å². The van der Waals surface area contributed by atoms with Crippen molar-refractivity contribution in [3.8, 4) is 6.01 Å². The Morgan fingerprint density at radius 3 is 2.85 bits per heavy atom. The van der Waals surface area contributed by atoms with Crippen molar-refractivity contribution in [1.82, 2.24) is 9.97 Å². The molecule has 7 heteroatoms. The normalized spacial score (nSPS) is 11.0. The van der Waals surface area contributed by atoms with E-state index >= 15 is 0 Å². The predicted molar refractivity (Wildman–Crippen MR) is 71.0 cm³/mol. The molecule has 0 aliphatic rings. The van der Waals surface area contributed by atoms with E-state index in [0.29, 0.717) is 12.1 Å². The van der Waals surface area contributed by atoms with Gasteiger partial charge in [0.2, 0.25) is 6.41 Å². The first-order chi connectivity index (χ1) is 9.70. The Morgan fingerprint density at radius 2 is 2.15 bits per heavy atom. The van der Waals surface area contributed by atoms with Crippen molar-refractivity contribution >= 4 is 17.9 Å². The number of aromatic nitrogens is 2. The molecule has 1 aromatic heterocycles. The average Bonchev–Trinajstić information content (AvgIpc) is 2.49. The van der Waals surface area contributed by atoms with Crippen molar-refractivity contribution in [2.75, 3.05) is 5.32 Å². The highest BCUT2D eigenvalue weighted by Gasteiger charge is 2.07. The summed E-state index contributed by atoms with van der Waals surface area (Å²) < 4.78 is 13.2. The topological polar surface area (TPSA) is 76.5 Å². The standard InChI is InChI=1S/C13H11FN4O2/c1-9(10-5-3-2-4-6-10)18-20-13-15-7-11(14)12(17-13)16-8-19/h2-8H,1H3,(H,15,16,17,19)/b18-9-. The lowest BCUT2D eigenvalue weighted by atomic mass is 10.1. The van der Waals surface area contributed by atoms with Crippen molar-refractivity contribution in [3.05, 3.63) is 47.9 Å². The second-order valence-corrected chi connectivity index (χ2v) is 3.75. The van der Waals surface area contributed by atoms with Gasteiger partial charge in [-0.15, -0.1) is 0 Å². The van der Waals surface area contributed by atoms with Crippen LogP contribution in [0.2, 0.25) is 0 Å². The summed E-state index contributed by atoms with van der Waals surface area (Å²) in [5.41, 5.74) is 1.49. The molecule has 0 unspecified atom stereocenters. The van der Waals surface area contributed by atoms with Gasteiger partial charge < -0.3 is 10.2 Å². The van der Waals surface area contributed by atoms with Crippen LogP contribution in [0.3, 0.4) is 0 Å². The highest BCUT2D eigenvalue weighted by Crippen LogP contribution is 2.13. The first kappa shape index (κ1) is 13.6. The second-order valence-electron chi connectivity index (χ2n) is 3.75. The van der Waals surface area contributed by atoms with E-state index in [2.05, 4.69) is 20.4 Å². The Bertz CT molecular complexity index is 632. The number of nitrogens with zero attached hydrogens (tertiary/aromatic N) is 3. The fourth-order valence-corrected chi connectivity index (χ4v) is 1.39. The predicted octanol–water partition coefficient (Wildman–Crippen LogP) is 1.99. The van der Waals surface area contributed by atoms with Gasteiger partial charge in [0.15, 0.2) is 11.6 Å². The summed E-state index contributed by atoms with van der Waals surface area (Å²) in [5.74, 6) is -1.02. The molecule has 102 valence electrons. The molecule has 1 heterocycles. The first-order valence-electron chi connectivity index (χ1n) is 5.70. The Kier molecular flexibility index (Phi) is 4.33. The highest BCUT2D eigenvalue weighted by molar-refractivity contribution is 5.98. The number of hydrogen-bond acceptors (Lipinski definition) is 5. The summed E-state index contributed by atoms with van der Waals surface area (Å²) in [5, 5.41) is 5.95. The van der Waals surface area contributed by atoms with Gasteiger partial charge in [-0.1, -0.05) is 35.5 Å². The van der Waals surface area contributed by atoms with Crippen LogP contribution in [0.25, 0.3) is 0 Å². The molecule has 1 N–H and O–H groups in total. The lowest BCUT2D eigenvalue weighted by molar-refractivity contribution is -0.105. The van der Waals surface area contributed by atoms with Crippen LogP contribution < -0.4 is 10.2 Å². The smallest absolute Gasteiger partial charge is 0.315 e.